The van der Waals surface area contributed by atoms with Crippen molar-refractivity contribution >= 4 is 15.5 Å². The number of nitrogens with one attached hydrogen (secondary N) is 1. The second-order valence-corrected chi connectivity index (χ2v) is 6.67. The lowest BCUT2D eigenvalue weighted by atomic mass is 10.2. The second kappa shape index (κ2) is 4.66. The van der Waals surface area contributed by atoms with Crippen molar-refractivity contribution in [2.45, 2.75) is 36.2 Å². The van der Waals surface area contributed by atoms with Crippen molar-refractivity contribution in [3.8, 4) is 0 Å². The minimum Gasteiger partial charge on any atom is -0.381 e. The lowest BCUT2D eigenvalue weighted by Gasteiger charge is -2.16. The third kappa shape index (κ3) is 2.98. The summed E-state index contributed by atoms with van der Waals surface area (Å²) in [7, 11) is -3.18. The van der Waals surface area contributed by atoms with Crippen LogP contribution in [0.2, 0.25) is 0 Å². The van der Waals surface area contributed by atoms with Crippen LogP contribution >= 0.6 is 0 Å². The average molecular weight is 254 g/mol. The van der Waals surface area contributed by atoms with Gasteiger partial charge in [-0.2, -0.15) is 0 Å². The number of hydrogen-bond acceptors (Lipinski definition) is 4. The molecule has 1 saturated carbocycles. The van der Waals surface area contributed by atoms with Gasteiger partial charge in [-0.25, -0.2) is 8.42 Å². The van der Waals surface area contributed by atoms with Crippen LogP contribution in [0.1, 0.15) is 19.3 Å². The van der Waals surface area contributed by atoms with Crippen molar-refractivity contribution in [3.05, 3.63) is 24.3 Å². The molecule has 17 heavy (non-hydrogen) atoms. The van der Waals surface area contributed by atoms with E-state index in [1.807, 2.05) is 6.07 Å². The fourth-order valence-electron chi connectivity index (χ4n) is 2.28. The van der Waals surface area contributed by atoms with E-state index >= 15 is 0 Å². The van der Waals surface area contributed by atoms with Crippen LogP contribution in [-0.4, -0.2) is 26.8 Å². The van der Waals surface area contributed by atoms with Crippen LogP contribution in [0.4, 0.5) is 5.69 Å². The van der Waals surface area contributed by atoms with Crippen molar-refractivity contribution in [2.75, 3.05) is 11.6 Å². The van der Waals surface area contributed by atoms with E-state index in [1.165, 1.54) is 6.26 Å². The molecule has 0 saturated heterocycles. The molecule has 1 fully saturated rings. The fourth-order valence-corrected chi connectivity index (χ4v) is 3.13. The minimum atomic E-state index is -3.18. The Morgan fingerprint density at radius 1 is 1.29 bits per heavy atom. The Morgan fingerprint density at radius 3 is 2.59 bits per heavy atom. The first-order valence-corrected chi connectivity index (χ1v) is 7.67. The number of benzene rings is 1. The van der Waals surface area contributed by atoms with E-state index in [-0.39, 0.29) is 12.1 Å². The Kier molecular flexibility index (Phi) is 3.40. The lowest BCUT2D eigenvalue weighted by Crippen LogP contribution is -2.21. The summed E-state index contributed by atoms with van der Waals surface area (Å²) in [6, 6.07) is 7.53. The summed E-state index contributed by atoms with van der Waals surface area (Å²) < 4.78 is 23.3. The van der Waals surface area contributed by atoms with Gasteiger partial charge < -0.3 is 11.1 Å². The number of hydrogen-bond donors (Lipinski definition) is 2. The maximum atomic E-state index is 11.6. The summed E-state index contributed by atoms with van der Waals surface area (Å²) in [6.45, 7) is 0. The van der Waals surface area contributed by atoms with E-state index in [2.05, 4.69) is 5.32 Å². The maximum absolute atomic E-state index is 11.6. The number of para-hydroxylation sites is 1. The van der Waals surface area contributed by atoms with Crippen LogP contribution in [0.5, 0.6) is 0 Å². The highest BCUT2D eigenvalue weighted by atomic mass is 32.2. The molecule has 94 valence electrons. The topological polar surface area (TPSA) is 72.2 Å². The van der Waals surface area contributed by atoms with Crippen LogP contribution in [0.3, 0.4) is 0 Å². The van der Waals surface area contributed by atoms with Gasteiger partial charge in [0.2, 0.25) is 0 Å². The summed E-state index contributed by atoms with van der Waals surface area (Å²) in [5, 5.41) is 3.29. The molecule has 0 amide bonds. The van der Waals surface area contributed by atoms with Gasteiger partial charge >= 0.3 is 0 Å². The smallest absolute Gasteiger partial charge is 0.177 e. The average Bonchev–Trinajstić information content (AvgIpc) is 2.63. The highest BCUT2D eigenvalue weighted by molar-refractivity contribution is 7.90. The van der Waals surface area contributed by atoms with E-state index in [1.54, 1.807) is 18.2 Å². The minimum absolute atomic E-state index is 0.234. The van der Waals surface area contributed by atoms with Crippen molar-refractivity contribution < 1.29 is 8.42 Å². The highest BCUT2D eigenvalue weighted by Gasteiger charge is 2.23. The molecule has 1 aromatic rings. The van der Waals surface area contributed by atoms with Crippen molar-refractivity contribution in [1.82, 2.24) is 0 Å². The van der Waals surface area contributed by atoms with Gasteiger partial charge in [-0.05, 0) is 31.4 Å². The maximum Gasteiger partial charge on any atom is 0.177 e. The molecule has 3 N–H and O–H groups in total. The molecule has 1 aliphatic rings. The Morgan fingerprint density at radius 2 is 2.00 bits per heavy atom. The largest absolute Gasteiger partial charge is 0.381 e. The first-order valence-electron chi connectivity index (χ1n) is 5.78. The Balaban J connectivity index is 2.21. The van der Waals surface area contributed by atoms with Crippen LogP contribution in [0.25, 0.3) is 0 Å². The van der Waals surface area contributed by atoms with Gasteiger partial charge in [-0.3, -0.25) is 0 Å². The standard InChI is InChI=1S/C12H18N2O2S/c1-17(15,16)12-5-3-2-4-11(12)14-10-7-6-9(13)8-10/h2-5,9-10,14H,6-8,13H2,1H3. The van der Waals surface area contributed by atoms with E-state index in [0.717, 1.165) is 19.3 Å². The second-order valence-electron chi connectivity index (χ2n) is 4.68. The van der Waals surface area contributed by atoms with Gasteiger partial charge in [0.25, 0.3) is 0 Å². The third-order valence-corrected chi connectivity index (χ3v) is 4.27. The Bertz CT molecular complexity index is 499. The first kappa shape index (κ1) is 12.4. The van der Waals surface area contributed by atoms with Crippen LogP contribution in [0.15, 0.2) is 29.2 Å². The predicted molar refractivity (Wildman–Crippen MR) is 68.8 cm³/mol. The number of nitrogens with two attached hydrogens (primary N) is 1. The number of sulfone groups is 1. The molecule has 0 heterocycles. The van der Waals surface area contributed by atoms with Crippen molar-refractivity contribution in [1.29, 1.82) is 0 Å². The molecule has 0 aliphatic heterocycles. The molecular formula is C12H18N2O2S. The molecule has 5 heteroatoms. The van der Waals surface area contributed by atoms with Crippen molar-refractivity contribution in [2.24, 2.45) is 5.73 Å². The third-order valence-electron chi connectivity index (χ3n) is 3.12. The van der Waals surface area contributed by atoms with Crippen LogP contribution < -0.4 is 11.1 Å². The molecule has 4 nitrogen and oxygen atoms in total. The summed E-state index contributed by atoms with van der Waals surface area (Å²) in [6.07, 6.45) is 4.13. The Hall–Kier alpha value is -1.07. The quantitative estimate of drug-likeness (QED) is 0.855. The molecule has 0 spiro atoms. The van der Waals surface area contributed by atoms with E-state index in [4.69, 9.17) is 5.73 Å². The van der Waals surface area contributed by atoms with E-state index in [9.17, 15) is 8.42 Å². The zero-order chi connectivity index (χ0) is 12.5. The van der Waals surface area contributed by atoms with Crippen molar-refractivity contribution in [3.63, 3.8) is 0 Å². The Labute approximate surface area is 102 Å². The summed E-state index contributed by atoms with van der Waals surface area (Å²) >= 11 is 0. The summed E-state index contributed by atoms with van der Waals surface area (Å²) in [5.74, 6) is 0. The number of rotatable bonds is 3. The van der Waals surface area contributed by atoms with Gasteiger partial charge in [0, 0.05) is 18.3 Å². The fraction of sp³-hybridized carbons (Fsp3) is 0.500. The van der Waals surface area contributed by atoms with E-state index < -0.39 is 9.84 Å². The molecule has 2 rings (SSSR count). The molecule has 1 aromatic carbocycles. The molecule has 2 unspecified atom stereocenters. The van der Waals surface area contributed by atoms with Gasteiger partial charge in [-0.15, -0.1) is 0 Å². The molecule has 0 bridgehead atoms. The molecule has 2 atom stereocenters. The first-order chi connectivity index (χ1) is 7.97. The molecule has 1 aliphatic carbocycles. The number of anilines is 1. The van der Waals surface area contributed by atoms with Gasteiger partial charge in [0.05, 0.1) is 10.6 Å². The molecule has 0 aromatic heterocycles. The summed E-state index contributed by atoms with van der Waals surface area (Å²) in [4.78, 5) is 0.362. The van der Waals surface area contributed by atoms with Crippen LogP contribution in [-0.2, 0) is 9.84 Å². The van der Waals surface area contributed by atoms with Crippen LogP contribution in [0, 0.1) is 0 Å². The zero-order valence-electron chi connectivity index (χ0n) is 9.89. The van der Waals surface area contributed by atoms with Gasteiger partial charge in [0.1, 0.15) is 0 Å². The summed E-state index contributed by atoms with van der Waals surface area (Å²) in [5.41, 5.74) is 6.53. The lowest BCUT2D eigenvalue weighted by molar-refractivity contribution is 0.602. The molecular weight excluding hydrogens is 236 g/mol. The van der Waals surface area contributed by atoms with Gasteiger partial charge in [-0.1, -0.05) is 12.1 Å². The molecule has 0 radical (unpaired) electrons. The predicted octanol–water partition coefficient (Wildman–Crippen LogP) is 1.38. The zero-order valence-corrected chi connectivity index (χ0v) is 10.7. The SMILES string of the molecule is CS(=O)(=O)c1ccccc1NC1CCC(N)C1. The normalized spacial score (nSPS) is 24.8. The monoisotopic (exact) mass is 254 g/mol. The van der Waals surface area contributed by atoms with E-state index in [0.29, 0.717) is 10.6 Å². The highest BCUT2D eigenvalue weighted by Crippen LogP contribution is 2.26. The van der Waals surface area contributed by atoms with Gasteiger partial charge in [0.15, 0.2) is 9.84 Å².